The normalized spacial score (nSPS) is 19.1. The maximum atomic E-state index is 12.3. The number of rotatable bonds is 2. The van der Waals surface area contributed by atoms with Crippen molar-refractivity contribution in [2.75, 3.05) is 23.4 Å². The lowest BCUT2D eigenvalue weighted by atomic mass is 9.84. The fourth-order valence-electron chi connectivity index (χ4n) is 3.84. The van der Waals surface area contributed by atoms with E-state index in [0.717, 1.165) is 39.2 Å². The first-order valence-electron chi connectivity index (χ1n) is 8.84. The predicted octanol–water partition coefficient (Wildman–Crippen LogP) is 3.57. The summed E-state index contributed by atoms with van der Waals surface area (Å²) in [4.78, 5) is 25.7. The van der Waals surface area contributed by atoms with E-state index >= 15 is 0 Å². The van der Waals surface area contributed by atoms with Gasteiger partial charge >= 0.3 is 6.09 Å². The molecule has 136 valence electrons. The minimum Gasteiger partial charge on any atom is -0.447 e. The van der Waals surface area contributed by atoms with Gasteiger partial charge in [-0.15, -0.1) is 0 Å². The van der Waals surface area contributed by atoms with Gasteiger partial charge in [-0.25, -0.2) is 4.79 Å². The average Bonchev–Trinajstić information content (AvgIpc) is 3.26. The van der Waals surface area contributed by atoms with Crippen LogP contribution in [0.1, 0.15) is 29.2 Å². The Kier molecular flexibility index (Phi) is 3.43. The van der Waals surface area contributed by atoms with E-state index in [2.05, 4.69) is 10.5 Å². The monoisotopic (exact) mass is 363 g/mol. The summed E-state index contributed by atoms with van der Waals surface area (Å²) in [6.07, 6.45) is 0.00974. The van der Waals surface area contributed by atoms with Gasteiger partial charge in [-0.1, -0.05) is 17.3 Å². The molecule has 0 bridgehead atoms. The lowest BCUT2D eigenvalue weighted by molar-refractivity contribution is -0.116. The number of aromatic nitrogens is 1. The summed E-state index contributed by atoms with van der Waals surface area (Å²) < 4.78 is 10.3. The van der Waals surface area contributed by atoms with Gasteiger partial charge in [0.2, 0.25) is 5.91 Å². The van der Waals surface area contributed by atoms with Gasteiger partial charge in [0.15, 0.2) is 5.58 Å². The van der Waals surface area contributed by atoms with Crippen LogP contribution in [0.15, 0.2) is 40.9 Å². The third-order valence-corrected chi connectivity index (χ3v) is 5.23. The van der Waals surface area contributed by atoms with E-state index in [1.54, 1.807) is 4.90 Å². The van der Waals surface area contributed by atoms with Crippen molar-refractivity contribution in [3.63, 3.8) is 0 Å². The quantitative estimate of drug-likeness (QED) is 0.752. The molecule has 5 rings (SSSR count). The summed E-state index contributed by atoms with van der Waals surface area (Å²) in [6, 6.07) is 11.6. The summed E-state index contributed by atoms with van der Waals surface area (Å²) in [6.45, 7) is 2.79. The molecule has 3 heterocycles. The maximum absolute atomic E-state index is 12.3. The Bertz CT molecular complexity index is 1090. The second-order valence-corrected chi connectivity index (χ2v) is 6.87. The molecule has 0 unspecified atom stereocenters. The van der Waals surface area contributed by atoms with Gasteiger partial charge in [0.05, 0.1) is 12.2 Å². The molecule has 2 aromatic carbocycles. The highest BCUT2D eigenvalue weighted by atomic mass is 16.6. The van der Waals surface area contributed by atoms with Crippen molar-refractivity contribution >= 4 is 34.3 Å². The molecule has 27 heavy (non-hydrogen) atoms. The van der Waals surface area contributed by atoms with E-state index in [9.17, 15) is 9.59 Å². The Hall–Kier alpha value is -3.35. The summed E-state index contributed by atoms with van der Waals surface area (Å²) in [5.74, 6) is -0.109. The first kappa shape index (κ1) is 15.9. The zero-order valence-corrected chi connectivity index (χ0v) is 14.7. The van der Waals surface area contributed by atoms with Crippen molar-refractivity contribution in [1.82, 2.24) is 5.16 Å². The number of benzene rings is 2. The van der Waals surface area contributed by atoms with Crippen molar-refractivity contribution in [3.05, 3.63) is 53.2 Å². The molecule has 1 saturated heterocycles. The van der Waals surface area contributed by atoms with Crippen molar-refractivity contribution in [3.8, 4) is 0 Å². The Balaban J connectivity index is 1.58. The van der Waals surface area contributed by atoms with Crippen LogP contribution in [-0.4, -0.2) is 30.3 Å². The summed E-state index contributed by atoms with van der Waals surface area (Å²) >= 11 is 0. The fraction of sp³-hybridized carbons (Fsp3) is 0.250. The molecule has 0 spiro atoms. The number of carbonyl (C=O) groups excluding carboxylic acids is 2. The second-order valence-electron chi connectivity index (χ2n) is 6.87. The lowest BCUT2D eigenvalue weighted by Crippen LogP contribution is -2.26. The largest absolute Gasteiger partial charge is 0.447 e. The zero-order valence-electron chi connectivity index (χ0n) is 14.7. The molecule has 0 saturated carbocycles. The third-order valence-electron chi connectivity index (χ3n) is 5.23. The van der Waals surface area contributed by atoms with E-state index in [0.29, 0.717) is 19.6 Å². The zero-order chi connectivity index (χ0) is 18.5. The molecule has 7 nitrogen and oxygen atoms in total. The van der Waals surface area contributed by atoms with E-state index < -0.39 is 0 Å². The SMILES string of the molecule is Cc1noc2ccc([C@H]3CC(=O)Nc4cc(N5CCOC5=O)ccc43)cc12. The van der Waals surface area contributed by atoms with Crippen molar-refractivity contribution < 1.29 is 18.8 Å². The Morgan fingerprint density at radius 1 is 1.19 bits per heavy atom. The van der Waals surface area contributed by atoms with Gasteiger partial charge in [0.25, 0.3) is 0 Å². The highest BCUT2D eigenvalue weighted by Crippen LogP contribution is 2.40. The number of nitrogens with zero attached hydrogens (tertiary/aromatic N) is 2. The van der Waals surface area contributed by atoms with E-state index in [-0.39, 0.29) is 17.9 Å². The number of aryl methyl sites for hydroxylation is 1. The number of cyclic esters (lactones) is 1. The standard InChI is InChI=1S/C20H17N3O4/c1-11-15-8-12(2-5-18(15)27-22-11)16-10-19(24)21-17-9-13(3-4-14(16)17)23-6-7-26-20(23)25/h2-5,8-9,16H,6-7,10H2,1H3,(H,21,24)/t16-/m1/s1. The average molecular weight is 363 g/mol. The fourth-order valence-corrected chi connectivity index (χ4v) is 3.84. The highest BCUT2D eigenvalue weighted by Gasteiger charge is 2.29. The summed E-state index contributed by atoms with van der Waals surface area (Å²) in [5, 5.41) is 7.89. The molecular formula is C20H17N3O4. The van der Waals surface area contributed by atoms with E-state index in [1.165, 1.54) is 0 Å². The molecule has 0 aliphatic carbocycles. The minimum absolute atomic E-state index is 0.0456. The number of amides is 2. The van der Waals surface area contributed by atoms with Gasteiger partial charge in [-0.3, -0.25) is 9.69 Å². The number of anilines is 2. The Morgan fingerprint density at radius 3 is 2.89 bits per heavy atom. The Labute approximate surface area is 154 Å². The van der Waals surface area contributed by atoms with Gasteiger partial charge in [0, 0.05) is 29.1 Å². The van der Waals surface area contributed by atoms with Gasteiger partial charge < -0.3 is 14.6 Å². The first-order valence-corrected chi connectivity index (χ1v) is 8.84. The maximum Gasteiger partial charge on any atom is 0.414 e. The number of fused-ring (bicyclic) bond motifs is 2. The van der Waals surface area contributed by atoms with Crippen LogP contribution in [0.25, 0.3) is 11.0 Å². The van der Waals surface area contributed by atoms with Crippen LogP contribution >= 0.6 is 0 Å². The minimum atomic E-state index is -0.359. The molecule has 7 heteroatoms. The van der Waals surface area contributed by atoms with Crippen LogP contribution < -0.4 is 10.2 Å². The molecule has 3 aromatic rings. The van der Waals surface area contributed by atoms with Gasteiger partial charge in [-0.05, 0) is 42.3 Å². The topological polar surface area (TPSA) is 84.7 Å². The number of carbonyl (C=O) groups is 2. The van der Waals surface area contributed by atoms with Crippen molar-refractivity contribution in [2.45, 2.75) is 19.3 Å². The van der Waals surface area contributed by atoms with Gasteiger partial charge in [-0.2, -0.15) is 0 Å². The van der Waals surface area contributed by atoms with E-state index in [1.807, 2.05) is 43.3 Å². The van der Waals surface area contributed by atoms with Crippen LogP contribution in [0.4, 0.5) is 16.2 Å². The van der Waals surface area contributed by atoms with Crippen LogP contribution in [0.5, 0.6) is 0 Å². The molecule has 2 amide bonds. The van der Waals surface area contributed by atoms with Gasteiger partial charge in [0.1, 0.15) is 6.61 Å². The second kappa shape index (κ2) is 5.84. The number of hydrogen-bond donors (Lipinski definition) is 1. The van der Waals surface area contributed by atoms with Crippen LogP contribution in [0.2, 0.25) is 0 Å². The smallest absolute Gasteiger partial charge is 0.414 e. The number of hydrogen-bond acceptors (Lipinski definition) is 5. The van der Waals surface area contributed by atoms with Crippen LogP contribution in [0, 0.1) is 6.92 Å². The molecule has 0 radical (unpaired) electrons. The molecule has 2 aliphatic rings. The number of ether oxygens (including phenoxy) is 1. The summed E-state index contributed by atoms with van der Waals surface area (Å²) in [7, 11) is 0. The molecule has 1 aromatic heterocycles. The molecule has 1 N–H and O–H groups in total. The molecule has 2 aliphatic heterocycles. The number of nitrogens with one attached hydrogen (secondary N) is 1. The molecule has 1 atom stereocenters. The van der Waals surface area contributed by atoms with E-state index in [4.69, 9.17) is 9.26 Å². The first-order chi connectivity index (χ1) is 13.1. The van der Waals surface area contributed by atoms with Crippen LogP contribution in [0.3, 0.4) is 0 Å². The lowest BCUT2D eigenvalue weighted by Gasteiger charge is -2.27. The Morgan fingerprint density at radius 2 is 2.07 bits per heavy atom. The van der Waals surface area contributed by atoms with Crippen molar-refractivity contribution in [1.29, 1.82) is 0 Å². The van der Waals surface area contributed by atoms with Crippen molar-refractivity contribution in [2.24, 2.45) is 0 Å². The van der Waals surface area contributed by atoms with Crippen LogP contribution in [-0.2, 0) is 9.53 Å². The highest BCUT2D eigenvalue weighted by molar-refractivity contribution is 5.97. The molecular weight excluding hydrogens is 346 g/mol. The predicted molar refractivity (Wildman–Crippen MR) is 99.0 cm³/mol. The third kappa shape index (κ3) is 2.54. The molecule has 1 fully saturated rings. The summed E-state index contributed by atoms with van der Waals surface area (Å²) in [5.41, 5.74) is 5.09.